The standard InChI is InChI=1S/C15H26N4/c1-2-4-13(3-1)12-19-9-5-14(6-10-19)18-11-15-16-7-8-17-15/h7-8,13-14,18H,1-6,9-12H2,(H,16,17). The zero-order valence-corrected chi connectivity index (χ0v) is 11.8. The Hall–Kier alpha value is -0.870. The summed E-state index contributed by atoms with van der Waals surface area (Å²) in [5, 5.41) is 3.62. The predicted molar refractivity (Wildman–Crippen MR) is 76.8 cm³/mol. The highest BCUT2D eigenvalue weighted by Crippen LogP contribution is 2.26. The molecular formula is C15H26N4. The van der Waals surface area contributed by atoms with E-state index in [-0.39, 0.29) is 0 Å². The molecule has 4 heteroatoms. The summed E-state index contributed by atoms with van der Waals surface area (Å²) in [7, 11) is 0. The number of H-pyrrole nitrogens is 1. The van der Waals surface area contributed by atoms with Crippen molar-refractivity contribution >= 4 is 0 Å². The number of piperidine rings is 1. The van der Waals surface area contributed by atoms with Gasteiger partial charge in [0.2, 0.25) is 0 Å². The fraction of sp³-hybridized carbons (Fsp3) is 0.800. The van der Waals surface area contributed by atoms with Crippen LogP contribution < -0.4 is 5.32 Å². The number of aromatic amines is 1. The Morgan fingerprint density at radius 1 is 1.21 bits per heavy atom. The lowest BCUT2D eigenvalue weighted by Gasteiger charge is -2.33. The van der Waals surface area contributed by atoms with E-state index in [0.717, 1.165) is 18.3 Å². The van der Waals surface area contributed by atoms with Gasteiger partial charge in [-0.15, -0.1) is 0 Å². The van der Waals surface area contributed by atoms with Crippen molar-refractivity contribution in [1.82, 2.24) is 20.2 Å². The number of rotatable bonds is 5. The van der Waals surface area contributed by atoms with Gasteiger partial charge in [0.25, 0.3) is 0 Å². The van der Waals surface area contributed by atoms with Crippen LogP contribution in [0, 0.1) is 5.92 Å². The van der Waals surface area contributed by atoms with Gasteiger partial charge in [-0.05, 0) is 44.7 Å². The average Bonchev–Trinajstić information content (AvgIpc) is 3.11. The third-order valence-electron chi connectivity index (χ3n) is 4.69. The van der Waals surface area contributed by atoms with Gasteiger partial charge in [-0.2, -0.15) is 0 Å². The topological polar surface area (TPSA) is 44.0 Å². The van der Waals surface area contributed by atoms with Crippen molar-refractivity contribution in [3.63, 3.8) is 0 Å². The molecule has 1 saturated heterocycles. The van der Waals surface area contributed by atoms with Crippen LogP contribution in [0.2, 0.25) is 0 Å². The monoisotopic (exact) mass is 262 g/mol. The molecule has 1 aromatic heterocycles. The molecule has 1 aromatic rings. The fourth-order valence-corrected chi connectivity index (χ4v) is 3.51. The SMILES string of the molecule is c1c[nH]c(CNC2CCN(CC3CCCC3)CC2)n1. The molecule has 4 nitrogen and oxygen atoms in total. The number of likely N-dealkylation sites (tertiary alicyclic amines) is 1. The Kier molecular flexibility index (Phi) is 4.51. The molecule has 106 valence electrons. The van der Waals surface area contributed by atoms with E-state index < -0.39 is 0 Å². The zero-order chi connectivity index (χ0) is 12.9. The largest absolute Gasteiger partial charge is 0.348 e. The van der Waals surface area contributed by atoms with Crippen LogP contribution in [-0.4, -0.2) is 40.5 Å². The summed E-state index contributed by atoms with van der Waals surface area (Å²) in [6.45, 7) is 4.77. The Bertz CT molecular complexity index is 348. The van der Waals surface area contributed by atoms with Crippen molar-refractivity contribution in [3.8, 4) is 0 Å². The number of nitrogens with one attached hydrogen (secondary N) is 2. The van der Waals surface area contributed by atoms with Crippen molar-refractivity contribution in [2.45, 2.75) is 51.1 Å². The van der Waals surface area contributed by atoms with Crippen LogP contribution >= 0.6 is 0 Å². The molecule has 1 aliphatic heterocycles. The third-order valence-corrected chi connectivity index (χ3v) is 4.69. The van der Waals surface area contributed by atoms with E-state index in [4.69, 9.17) is 0 Å². The number of imidazole rings is 1. The van der Waals surface area contributed by atoms with Crippen molar-refractivity contribution in [1.29, 1.82) is 0 Å². The van der Waals surface area contributed by atoms with Crippen LogP contribution in [0.15, 0.2) is 12.4 Å². The number of hydrogen-bond acceptors (Lipinski definition) is 3. The van der Waals surface area contributed by atoms with Gasteiger partial charge in [0.1, 0.15) is 5.82 Å². The lowest BCUT2D eigenvalue weighted by atomic mass is 10.0. The van der Waals surface area contributed by atoms with E-state index in [1.807, 2.05) is 12.4 Å². The normalized spacial score (nSPS) is 23.2. The molecule has 3 rings (SSSR count). The van der Waals surface area contributed by atoms with Gasteiger partial charge in [0, 0.05) is 25.0 Å². The fourth-order valence-electron chi connectivity index (χ4n) is 3.51. The van der Waals surface area contributed by atoms with Crippen molar-refractivity contribution in [2.24, 2.45) is 5.92 Å². The molecule has 19 heavy (non-hydrogen) atoms. The second kappa shape index (κ2) is 6.53. The third kappa shape index (κ3) is 3.80. The first-order chi connectivity index (χ1) is 9.40. The molecule has 1 saturated carbocycles. The van der Waals surface area contributed by atoms with Crippen LogP contribution in [0.4, 0.5) is 0 Å². The predicted octanol–water partition coefficient (Wildman–Crippen LogP) is 2.15. The van der Waals surface area contributed by atoms with Crippen molar-refractivity contribution in [3.05, 3.63) is 18.2 Å². The smallest absolute Gasteiger partial charge is 0.120 e. The second-order valence-electron chi connectivity index (χ2n) is 6.14. The summed E-state index contributed by atoms with van der Waals surface area (Å²) in [6.07, 6.45) is 12.1. The van der Waals surface area contributed by atoms with Crippen LogP contribution in [0.5, 0.6) is 0 Å². The second-order valence-corrected chi connectivity index (χ2v) is 6.14. The number of aromatic nitrogens is 2. The number of hydrogen-bond donors (Lipinski definition) is 2. The van der Waals surface area contributed by atoms with Gasteiger partial charge < -0.3 is 15.2 Å². The van der Waals surface area contributed by atoms with Crippen molar-refractivity contribution < 1.29 is 0 Å². The maximum Gasteiger partial charge on any atom is 0.120 e. The summed E-state index contributed by atoms with van der Waals surface area (Å²) >= 11 is 0. The molecule has 0 atom stereocenters. The molecule has 0 bridgehead atoms. The molecule has 1 aliphatic carbocycles. The maximum absolute atomic E-state index is 4.26. The van der Waals surface area contributed by atoms with E-state index in [2.05, 4.69) is 20.2 Å². The summed E-state index contributed by atoms with van der Waals surface area (Å²) < 4.78 is 0. The molecule has 0 radical (unpaired) electrons. The van der Waals surface area contributed by atoms with E-state index >= 15 is 0 Å². The molecule has 2 aliphatic rings. The summed E-state index contributed by atoms with van der Waals surface area (Å²) in [5.41, 5.74) is 0. The average molecular weight is 262 g/mol. The Labute approximate surface area is 116 Å². The quantitative estimate of drug-likeness (QED) is 0.854. The minimum absolute atomic E-state index is 0.671. The van der Waals surface area contributed by atoms with Gasteiger partial charge in [-0.3, -0.25) is 0 Å². The number of nitrogens with zero attached hydrogens (tertiary/aromatic N) is 2. The van der Waals surface area contributed by atoms with Crippen molar-refractivity contribution in [2.75, 3.05) is 19.6 Å². The Morgan fingerprint density at radius 2 is 2.00 bits per heavy atom. The van der Waals surface area contributed by atoms with E-state index in [1.165, 1.54) is 58.2 Å². The van der Waals surface area contributed by atoms with Gasteiger partial charge in [0.05, 0.1) is 6.54 Å². The van der Waals surface area contributed by atoms with E-state index in [1.54, 1.807) is 0 Å². The molecule has 0 spiro atoms. The molecule has 2 heterocycles. The highest BCUT2D eigenvalue weighted by atomic mass is 15.1. The van der Waals surface area contributed by atoms with E-state index in [0.29, 0.717) is 6.04 Å². The summed E-state index contributed by atoms with van der Waals surface area (Å²) in [5.74, 6) is 2.04. The lowest BCUT2D eigenvalue weighted by molar-refractivity contribution is 0.172. The maximum atomic E-state index is 4.26. The van der Waals surface area contributed by atoms with Crippen LogP contribution in [0.25, 0.3) is 0 Å². The Morgan fingerprint density at radius 3 is 2.68 bits per heavy atom. The van der Waals surface area contributed by atoms with Crippen LogP contribution in [-0.2, 0) is 6.54 Å². The summed E-state index contributed by atoms with van der Waals surface area (Å²) in [6, 6.07) is 0.671. The van der Waals surface area contributed by atoms with Crippen LogP contribution in [0.1, 0.15) is 44.3 Å². The molecule has 0 unspecified atom stereocenters. The first kappa shape index (κ1) is 13.1. The highest BCUT2D eigenvalue weighted by molar-refractivity contribution is 4.88. The molecule has 2 fully saturated rings. The van der Waals surface area contributed by atoms with Gasteiger partial charge in [-0.25, -0.2) is 4.98 Å². The van der Waals surface area contributed by atoms with Gasteiger partial charge in [-0.1, -0.05) is 12.8 Å². The molecule has 0 amide bonds. The summed E-state index contributed by atoms with van der Waals surface area (Å²) in [4.78, 5) is 10.1. The first-order valence-electron chi connectivity index (χ1n) is 7.84. The molecule has 0 aromatic carbocycles. The highest BCUT2D eigenvalue weighted by Gasteiger charge is 2.23. The lowest BCUT2D eigenvalue weighted by Crippen LogP contribution is -2.43. The van der Waals surface area contributed by atoms with E-state index in [9.17, 15) is 0 Å². The minimum Gasteiger partial charge on any atom is -0.348 e. The van der Waals surface area contributed by atoms with Gasteiger partial charge >= 0.3 is 0 Å². The minimum atomic E-state index is 0.671. The zero-order valence-electron chi connectivity index (χ0n) is 11.8. The van der Waals surface area contributed by atoms with Crippen LogP contribution in [0.3, 0.4) is 0 Å². The Balaban J connectivity index is 1.34. The van der Waals surface area contributed by atoms with Gasteiger partial charge in [0.15, 0.2) is 0 Å². The molecule has 2 N–H and O–H groups in total. The molecular weight excluding hydrogens is 236 g/mol. The first-order valence-corrected chi connectivity index (χ1v) is 7.84.